The molecule has 1 spiro atoms. The summed E-state index contributed by atoms with van der Waals surface area (Å²) in [5.41, 5.74) is 13.4. The zero-order chi connectivity index (χ0) is 19.8. The van der Waals surface area contributed by atoms with Crippen molar-refractivity contribution in [2.45, 2.75) is 37.8 Å². The Bertz CT molecular complexity index is 1060. The topological polar surface area (TPSA) is 132 Å². The highest BCUT2D eigenvalue weighted by Gasteiger charge is 2.42. The molecule has 1 saturated carbocycles. The van der Waals surface area contributed by atoms with Gasteiger partial charge in [-0.3, -0.25) is 4.90 Å². The normalized spacial score (nSPS) is 18.6. The van der Waals surface area contributed by atoms with Gasteiger partial charge in [0.25, 0.3) is 5.89 Å². The van der Waals surface area contributed by atoms with Crippen LogP contribution in [0, 0.1) is 0 Å². The van der Waals surface area contributed by atoms with Crippen LogP contribution in [0.2, 0.25) is 0 Å². The SMILES string of the molecule is NC1=NC2(CCCCC2)N(c2ccc(-c3nnc(-c4ccco4)o3)cc2)C(N)=N1. The summed E-state index contributed by atoms with van der Waals surface area (Å²) in [4.78, 5) is 10.9. The van der Waals surface area contributed by atoms with Gasteiger partial charge >= 0.3 is 0 Å². The van der Waals surface area contributed by atoms with Crippen molar-refractivity contribution in [2.24, 2.45) is 21.5 Å². The number of aliphatic imine (C=N–C) groups is 2. The van der Waals surface area contributed by atoms with Crippen molar-refractivity contribution in [1.82, 2.24) is 10.2 Å². The van der Waals surface area contributed by atoms with Gasteiger partial charge in [0.05, 0.1) is 6.26 Å². The molecular formula is C20H21N7O2. The van der Waals surface area contributed by atoms with Crippen LogP contribution < -0.4 is 16.4 Å². The molecule has 9 nitrogen and oxygen atoms in total. The van der Waals surface area contributed by atoms with Crippen LogP contribution in [0.25, 0.3) is 23.1 Å². The Balaban J connectivity index is 1.46. The van der Waals surface area contributed by atoms with Gasteiger partial charge in [0.1, 0.15) is 5.66 Å². The molecule has 148 valence electrons. The number of furan rings is 1. The van der Waals surface area contributed by atoms with Crippen molar-refractivity contribution in [3.8, 4) is 23.1 Å². The van der Waals surface area contributed by atoms with Gasteiger partial charge in [-0.05, 0) is 62.1 Å². The fraction of sp³-hybridized carbons (Fsp3) is 0.300. The maximum Gasteiger partial charge on any atom is 0.283 e. The van der Waals surface area contributed by atoms with Crippen molar-refractivity contribution in [3.63, 3.8) is 0 Å². The van der Waals surface area contributed by atoms with Crippen LogP contribution in [-0.2, 0) is 0 Å². The molecule has 29 heavy (non-hydrogen) atoms. The number of hydrogen-bond acceptors (Lipinski definition) is 9. The Morgan fingerprint density at radius 2 is 1.69 bits per heavy atom. The first kappa shape index (κ1) is 17.5. The molecule has 1 aliphatic carbocycles. The summed E-state index contributed by atoms with van der Waals surface area (Å²) >= 11 is 0. The van der Waals surface area contributed by atoms with Crippen LogP contribution in [0.15, 0.2) is 61.5 Å². The Hall–Kier alpha value is -3.62. The summed E-state index contributed by atoms with van der Waals surface area (Å²) in [6.07, 6.45) is 6.70. The first-order valence-electron chi connectivity index (χ1n) is 9.62. The number of nitrogens with two attached hydrogens (primary N) is 2. The van der Waals surface area contributed by atoms with Gasteiger partial charge < -0.3 is 20.3 Å². The highest BCUT2D eigenvalue weighted by molar-refractivity contribution is 6.05. The maximum absolute atomic E-state index is 6.28. The van der Waals surface area contributed by atoms with E-state index in [1.165, 1.54) is 6.42 Å². The Labute approximate surface area is 167 Å². The number of nitrogens with zero attached hydrogens (tertiary/aromatic N) is 5. The third-order valence-corrected chi connectivity index (χ3v) is 5.38. The third kappa shape index (κ3) is 3.04. The van der Waals surface area contributed by atoms with Crippen molar-refractivity contribution >= 4 is 17.6 Å². The molecule has 0 bridgehead atoms. The van der Waals surface area contributed by atoms with E-state index in [-0.39, 0.29) is 5.96 Å². The van der Waals surface area contributed by atoms with Crippen molar-refractivity contribution in [3.05, 3.63) is 42.7 Å². The van der Waals surface area contributed by atoms with E-state index in [9.17, 15) is 0 Å². The zero-order valence-electron chi connectivity index (χ0n) is 15.8. The summed E-state index contributed by atoms with van der Waals surface area (Å²) in [5.74, 6) is 1.90. The molecule has 0 atom stereocenters. The average Bonchev–Trinajstić information content (AvgIpc) is 3.40. The Morgan fingerprint density at radius 3 is 2.41 bits per heavy atom. The number of rotatable bonds is 3. The Kier molecular flexibility index (Phi) is 4.08. The molecule has 0 amide bonds. The summed E-state index contributed by atoms with van der Waals surface area (Å²) in [6.45, 7) is 0. The highest BCUT2D eigenvalue weighted by atomic mass is 16.4. The molecule has 0 saturated heterocycles. The molecule has 1 aromatic carbocycles. The lowest BCUT2D eigenvalue weighted by Crippen LogP contribution is -2.58. The van der Waals surface area contributed by atoms with E-state index in [1.54, 1.807) is 18.4 Å². The molecule has 2 aliphatic rings. The second-order valence-corrected chi connectivity index (χ2v) is 7.26. The quantitative estimate of drug-likeness (QED) is 0.701. The number of benzene rings is 1. The second kappa shape index (κ2) is 6.77. The molecule has 0 radical (unpaired) electrons. The van der Waals surface area contributed by atoms with Crippen LogP contribution in [0.5, 0.6) is 0 Å². The van der Waals surface area contributed by atoms with Gasteiger partial charge in [-0.1, -0.05) is 6.42 Å². The summed E-state index contributed by atoms with van der Waals surface area (Å²) in [5, 5.41) is 8.16. The van der Waals surface area contributed by atoms with E-state index in [1.807, 2.05) is 29.2 Å². The third-order valence-electron chi connectivity index (χ3n) is 5.38. The second-order valence-electron chi connectivity index (χ2n) is 7.26. The first-order valence-corrected chi connectivity index (χ1v) is 9.62. The van der Waals surface area contributed by atoms with Crippen molar-refractivity contribution < 1.29 is 8.83 Å². The van der Waals surface area contributed by atoms with Gasteiger partial charge in [-0.25, -0.2) is 4.99 Å². The number of aromatic nitrogens is 2. The molecule has 4 N–H and O–H groups in total. The van der Waals surface area contributed by atoms with Crippen molar-refractivity contribution in [1.29, 1.82) is 0 Å². The largest absolute Gasteiger partial charge is 0.459 e. The molecule has 1 fully saturated rings. The van der Waals surface area contributed by atoms with E-state index in [0.29, 0.717) is 23.5 Å². The molecule has 3 aromatic rings. The maximum atomic E-state index is 6.28. The van der Waals surface area contributed by atoms with E-state index < -0.39 is 5.66 Å². The molecule has 5 rings (SSSR count). The fourth-order valence-corrected chi connectivity index (χ4v) is 4.09. The first-order chi connectivity index (χ1) is 14.1. The number of guanidine groups is 2. The fourth-order valence-electron chi connectivity index (χ4n) is 4.09. The van der Waals surface area contributed by atoms with Crippen LogP contribution in [0.1, 0.15) is 32.1 Å². The van der Waals surface area contributed by atoms with E-state index >= 15 is 0 Å². The van der Waals surface area contributed by atoms with Gasteiger partial charge in [0.2, 0.25) is 17.8 Å². The highest BCUT2D eigenvalue weighted by Crippen LogP contribution is 2.39. The summed E-state index contributed by atoms with van der Waals surface area (Å²) < 4.78 is 11.0. The minimum atomic E-state index is -0.466. The van der Waals surface area contributed by atoms with Crippen LogP contribution in [0.3, 0.4) is 0 Å². The van der Waals surface area contributed by atoms with Crippen molar-refractivity contribution in [2.75, 3.05) is 4.90 Å². The lowest BCUT2D eigenvalue weighted by molar-refractivity contribution is 0.305. The molecule has 0 unspecified atom stereocenters. The molecular weight excluding hydrogens is 370 g/mol. The van der Waals surface area contributed by atoms with Crippen LogP contribution >= 0.6 is 0 Å². The molecule has 1 aliphatic heterocycles. The lowest BCUT2D eigenvalue weighted by atomic mass is 9.87. The monoisotopic (exact) mass is 391 g/mol. The summed E-state index contributed by atoms with van der Waals surface area (Å²) in [7, 11) is 0. The van der Waals surface area contributed by atoms with Gasteiger partial charge in [-0.15, -0.1) is 10.2 Å². The minimum absolute atomic E-state index is 0.244. The van der Waals surface area contributed by atoms with E-state index in [0.717, 1.165) is 36.9 Å². The number of hydrogen-bond donors (Lipinski definition) is 2. The molecule has 3 heterocycles. The predicted octanol–water partition coefficient (Wildman–Crippen LogP) is 3.11. The van der Waals surface area contributed by atoms with Gasteiger partial charge in [0, 0.05) is 11.3 Å². The Morgan fingerprint density at radius 1 is 0.931 bits per heavy atom. The minimum Gasteiger partial charge on any atom is -0.459 e. The zero-order valence-corrected chi connectivity index (χ0v) is 15.8. The predicted molar refractivity (Wildman–Crippen MR) is 109 cm³/mol. The average molecular weight is 391 g/mol. The van der Waals surface area contributed by atoms with Gasteiger partial charge in [0.15, 0.2) is 5.76 Å². The van der Waals surface area contributed by atoms with Crippen LogP contribution in [0.4, 0.5) is 5.69 Å². The van der Waals surface area contributed by atoms with Gasteiger partial charge in [-0.2, -0.15) is 4.99 Å². The molecule has 2 aromatic heterocycles. The lowest BCUT2D eigenvalue weighted by Gasteiger charge is -2.45. The molecule has 9 heteroatoms. The van der Waals surface area contributed by atoms with E-state index in [2.05, 4.69) is 15.2 Å². The number of anilines is 1. The van der Waals surface area contributed by atoms with Crippen LogP contribution in [-0.4, -0.2) is 27.8 Å². The van der Waals surface area contributed by atoms with E-state index in [4.69, 9.17) is 25.3 Å². The standard InChI is InChI=1S/C20H21N7O2/c21-18-23-19(22)27(20(24-18)10-2-1-3-11-20)14-8-6-13(7-9-14)16-25-26-17(29-16)15-5-4-12-28-15/h4-9,12H,1-3,10-11H2,(H4,21,22,23,24). The smallest absolute Gasteiger partial charge is 0.283 e. The summed E-state index contributed by atoms with van der Waals surface area (Å²) in [6, 6.07) is 11.3.